The minimum Gasteiger partial charge on any atom is -0.268 e. The molecule has 1 aromatic carbocycles. The summed E-state index contributed by atoms with van der Waals surface area (Å²) >= 11 is 2.70. The van der Waals surface area contributed by atoms with Crippen molar-refractivity contribution in [2.75, 3.05) is 5.75 Å². The van der Waals surface area contributed by atoms with Gasteiger partial charge in [0.25, 0.3) is 5.56 Å². The Bertz CT molecular complexity index is 846. The molecule has 0 aliphatic rings. The largest absolute Gasteiger partial charge is 0.268 e. The zero-order chi connectivity index (χ0) is 13.9. The van der Waals surface area contributed by atoms with Crippen molar-refractivity contribution >= 4 is 33.3 Å². The average molecular weight is 299 g/mol. The van der Waals surface area contributed by atoms with E-state index < -0.39 is 0 Å². The van der Waals surface area contributed by atoms with Crippen molar-refractivity contribution in [2.45, 2.75) is 5.16 Å². The number of nitriles is 1. The first-order chi connectivity index (χ1) is 9.81. The second-order valence-corrected chi connectivity index (χ2v) is 5.79. The summed E-state index contributed by atoms with van der Waals surface area (Å²) in [7, 11) is 0. The van der Waals surface area contributed by atoms with Gasteiger partial charge in [-0.2, -0.15) is 5.26 Å². The van der Waals surface area contributed by atoms with Crippen molar-refractivity contribution in [2.24, 2.45) is 0 Å². The maximum atomic E-state index is 12.6. The number of benzene rings is 1. The van der Waals surface area contributed by atoms with Crippen molar-refractivity contribution < 1.29 is 0 Å². The van der Waals surface area contributed by atoms with Crippen LogP contribution in [0.3, 0.4) is 0 Å². The molecule has 0 aliphatic carbocycles. The van der Waals surface area contributed by atoms with Gasteiger partial charge in [0.2, 0.25) is 0 Å². The lowest BCUT2D eigenvalue weighted by molar-refractivity contribution is 0.824. The molecule has 0 aliphatic heterocycles. The van der Waals surface area contributed by atoms with E-state index >= 15 is 0 Å². The van der Waals surface area contributed by atoms with Crippen LogP contribution in [0.5, 0.6) is 0 Å². The van der Waals surface area contributed by atoms with E-state index in [0.29, 0.717) is 15.4 Å². The van der Waals surface area contributed by atoms with Gasteiger partial charge in [0.05, 0.1) is 22.9 Å². The average Bonchev–Trinajstić information content (AvgIpc) is 2.95. The van der Waals surface area contributed by atoms with Gasteiger partial charge in [-0.15, -0.1) is 11.3 Å². The third-order valence-corrected chi connectivity index (χ3v) is 4.36. The van der Waals surface area contributed by atoms with E-state index in [4.69, 9.17) is 5.26 Å². The Hall–Kier alpha value is -2.10. The highest BCUT2D eigenvalue weighted by Crippen LogP contribution is 2.23. The zero-order valence-electron chi connectivity index (χ0n) is 10.3. The van der Waals surface area contributed by atoms with E-state index in [1.807, 2.05) is 35.7 Å². The molecule has 0 saturated heterocycles. The first-order valence-corrected chi connectivity index (χ1v) is 7.73. The van der Waals surface area contributed by atoms with E-state index in [-0.39, 0.29) is 11.3 Å². The van der Waals surface area contributed by atoms with Gasteiger partial charge >= 0.3 is 0 Å². The Morgan fingerprint density at radius 3 is 2.85 bits per heavy atom. The van der Waals surface area contributed by atoms with E-state index in [1.54, 1.807) is 10.6 Å². The number of aromatic nitrogens is 2. The van der Waals surface area contributed by atoms with Crippen LogP contribution in [0.4, 0.5) is 0 Å². The second kappa shape index (κ2) is 5.49. The molecule has 20 heavy (non-hydrogen) atoms. The highest BCUT2D eigenvalue weighted by Gasteiger charge is 2.13. The molecule has 0 atom stereocenters. The van der Waals surface area contributed by atoms with Crippen molar-refractivity contribution in [3.8, 4) is 11.8 Å². The first kappa shape index (κ1) is 12.9. The summed E-state index contributed by atoms with van der Waals surface area (Å²) in [5, 5.41) is 11.8. The van der Waals surface area contributed by atoms with Crippen LogP contribution >= 0.6 is 23.1 Å². The Balaban J connectivity index is 2.29. The highest BCUT2D eigenvalue weighted by atomic mass is 32.2. The summed E-state index contributed by atoms with van der Waals surface area (Å²) in [5.74, 6) is 0.260. The summed E-state index contributed by atoms with van der Waals surface area (Å²) in [6.07, 6.45) is 0. The van der Waals surface area contributed by atoms with Crippen molar-refractivity contribution in [1.29, 1.82) is 5.26 Å². The number of fused-ring (bicyclic) bond motifs is 1. The predicted octanol–water partition coefficient (Wildman–Crippen LogP) is 3.06. The molecule has 98 valence electrons. The Morgan fingerprint density at radius 2 is 2.10 bits per heavy atom. The molecule has 3 rings (SSSR count). The number of hydrogen-bond donors (Lipinski definition) is 0. The van der Waals surface area contributed by atoms with E-state index in [0.717, 1.165) is 5.69 Å². The van der Waals surface area contributed by atoms with Gasteiger partial charge in [-0.05, 0) is 23.6 Å². The summed E-state index contributed by atoms with van der Waals surface area (Å²) in [5.41, 5.74) is 0.668. The molecule has 0 bridgehead atoms. The molecule has 0 spiro atoms. The van der Waals surface area contributed by atoms with Crippen LogP contribution in [-0.4, -0.2) is 15.3 Å². The molecule has 3 aromatic rings. The van der Waals surface area contributed by atoms with E-state index in [2.05, 4.69) is 11.1 Å². The van der Waals surface area contributed by atoms with Gasteiger partial charge in [0.1, 0.15) is 4.83 Å². The molecule has 0 saturated carbocycles. The van der Waals surface area contributed by atoms with Crippen LogP contribution in [0.1, 0.15) is 0 Å². The van der Waals surface area contributed by atoms with Gasteiger partial charge in [0, 0.05) is 0 Å². The minimum atomic E-state index is -0.0945. The third kappa shape index (κ3) is 2.22. The van der Waals surface area contributed by atoms with Gasteiger partial charge in [-0.1, -0.05) is 30.0 Å². The fourth-order valence-electron chi connectivity index (χ4n) is 1.89. The normalized spacial score (nSPS) is 10.6. The molecule has 0 fully saturated rings. The van der Waals surface area contributed by atoms with Gasteiger partial charge in [0.15, 0.2) is 5.16 Å². The molecular formula is C14H9N3OS2. The summed E-state index contributed by atoms with van der Waals surface area (Å²) in [6, 6.07) is 13.2. The van der Waals surface area contributed by atoms with Gasteiger partial charge in [-0.25, -0.2) is 4.98 Å². The molecule has 2 heterocycles. The van der Waals surface area contributed by atoms with Gasteiger partial charge in [-0.3, -0.25) is 9.36 Å². The Kier molecular flexibility index (Phi) is 3.54. The molecule has 2 aromatic heterocycles. The molecular weight excluding hydrogens is 290 g/mol. The Morgan fingerprint density at radius 1 is 1.30 bits per heavy atom. The standard InChI is InChI=1S/C14H9N3OS2/c15-7-9-20-14-16-12-11(6-8-19-12)13(18)17(14)10-4-2-1-3-5-10/h1-6,8H,9H2. The lowest BCUT2D eigenvalue weighted by Gasteiger charge is -2.10. The smallest absolute Gasteiger partial charge is 0.267 e. The SMILES string of the molecule is N#CCSc1nc2sccc2c(=O)n1-c1ccccc1. The van der Waals surface area contributed by atoms with Crippen LogP contribution < -0.4 is 5.56 Å². The first-order valence-electron chi connectivity index (χ1n) is 5.86. The van der Waals surface area contributed by atoms with Crippen LogP contribution in [0, 0.1) is 11.3 Å². The molecule has 0 N–H and O–H groups in total. The van der Waals surface area contributed by atoms with Crippen LogP contribution in [-0.2, 0) is 0 Å². The van der Waals surface area contributed by atoms with E-state index in [9.17, 15) is 4.79 Å². The number of hydrogen-bond acceptors (Lipinski definition) is 5. The molecule has 4 nitrogen and oxygen atoms in total. The summed E-state index contributed by atoms with van der Waals surface area (Å²) in [6.45, 7) is 0. The van der Waals surface area contributed by atoms with Crippen molar-refractivity contribution in [1.82, 2.24) is 9.55 Å². The molecule has 0 radical (unpaired) electrons. The molecule has 6 heteroatoms. The number of thioether (sulfide) groups is 1. The van der Waals surface area contributed by atoms with Crippen molar-refractivity contribution in [3.05, 3.63) is 52.1 Å². The number of nitrogens with zero attached hydrogens (tertiary/aromatic N) is 3. The van der Waals surface area contributed by atoms with Crippen LogP contribution in [0.15, 0.2) is 51.7 Å². The fraction of sp³-hybridized carbons (Fsp3) is 0.0714. The minimum absolute atomic E-state index is 0.0945. The fourth-order valence-corrected chi connectivity index (χ4v) is 3.37. The molecule has 0 unspecified atom stereocenters. The van der Waals surface area contributed by atoms with Crippen molar-refractivity contribution in [3.63, 3.8) is 0 Å². The quantitative estimate of drug-likeness (QED) is 0.551. The Labute approximate surface area is 123 Å². The lowest BCUT2D eigenvalue weighted by Crippen LogP contribution is -2.21. The number of para-hydroxylation sites is 1. The topological polar surface area (TPSA) is 58.7 Å². The molecule has 0 amide bonds. The zero-order valence-corrected chi connectivity index (χ0v) is 11.9. The summed E-state index contributed by atoms with van der Waals surface area (Å²) in [4.78, 5) is 17.8. The third-order valence-electron chi connectivity index (χ3n) is 2.75. The van der Waals surface area contributed by atoms with E-state index in [1.165, 1.54) is 23.1 Å². The second-order valence-electron chi connectivity index (χ2n) is 3.96. The monoisotopic (exact) mass is 299 g/mol. The van der Waals surface area contributed by atoms with Gasteiger partial charge < -0.3 is 0 Å². The highest BCUT2D eigenvalue weighted by molar-refractivity contribution is 7.99. The lowest BCUT2D eigenvalue weighted by atomic mass is 10.3. The van der Waals surface area contributed by atoms with Crippen LogP contribution in [0.2, 0.25) is 0 Å². The van der Waals surface area contributed by atoms with Crippen LogP contribution in [0.25, 0.3) is 15.9 Å². The number of thiophene rings is 1. The maximum Gasteiger partial charge on any atom is 0.267 e. The maximum absolute atomic E-state index is 12.6. The summed E-state index contributed by atoms with van der Waals surface area (Å²) < 4.78 is 1.57. The predicted molar refractivity (Wildman–Crippen MR) is 81.6 cm³/mol. The number of rotatable bonds is 3.